The summed E-state index contributed by atoms with van der Waals surface area (Å²) in [4.78, 5) is 0. The van der Waals surface area contributed by atoms with Crippen LogP contribution in [0.5, 0.6) is 23.0 Å². The van der Waals surface area contributed by atoms with Crippen LogP contribution in [0.15, 0.2) is 42.5 Å². The maximum atomic E-state index is 5.54. The summed E-state index contributed by atoms with van der Waals surface area (Å²) in [5.74, 6) is 3.03. The van der Waals surface area contributed by atoms with Crippen LogP contribution in [0.3, 0.4) is 0 Å². The first-order valence-electron chi connectivity index (χ1n) is 9.48. The number of hydrogen-bond donors (Lipinski definition) is 1. The second kappa shape index (κ2) is 8.32. The van der Waals surface area contributed by atoms with Crippen molar-refractivity contribution in [2.75, 3.05) is 33.3 Å². The maximum absolute atomic E-state index is 5.54. The van der Waals surface area contributed by atoms with Crippen LogP contribution in [0.2, 0.25) is 0 Å². The number of allylic oxidation sites excluding steroid dienone is 1. The maximum Gasteiger partial charge on any atom is 0.248 e. The first kappa shape index (κ1) is 19.6. The third-order valence-electron chi connectivity index (χ3n) is 4.83. The summed E-state index contributed by atoms with van der Waals surface area (Å²) in [7, 11) is 4.76. The molecule has 2 aromatic carbocycles. The molecule has 1 aliphatic rings. The van der Waals surface area contributed by atoms with E-state index < -0.39 is 0 Å². The van der Waals surface area contributed by atoms with E-state index in [1.807, 2.05) is 43.3 Å². The lowest BCUT2D eigenvalue weighted by atomic mass is 10.0. The van der Waals surface area contributed by atoms with Gasteiger partial charge in [-0.2, -0.15) is 4.68 Å². The average Bonchev–Trinajstić information content (AvgIpc) is 3.27. The van der Waals surface area contributed by atoms with Crippen LogP contribution in [0.1, 0.15) is 24.1 Å². The molecule has 156 valence electrons. The molecule has 0 saturated carbocycles. The van der Waals surface area contributed by atoms with Gasteiger partial charge in [-0.05, 0) is 71.0 Å². The summed E-state index contributed by atoms with van der Waals surface area (Å²) in [5.41, 5.74) is 2.77. The molecule has 0 unspecified atom stereocenters. The number of ether oxygens (including phenoxy) is 4. The largest absolute Gasteiger partial charge is 0.494 e. The van der Waals surface area contributed by atoms with Crippen LogP contribution in [-0.4, -0.2) is 48.1 Å². The van der Waals surface area contributed by atoms with E-state index in [1.165, 1.54) is 0 Å². The molecule has 1 N–H and O–H groups in total. The van der Waals surface area contributed by atoms with E-state index in [-0.39, 0.29) is 6.04 Å². The molecule has 30 heavy (non-hydrogen) atoms. The van der Waals surface area contributed by atoms with Crippen LogP contribution in [0.25, 0.3) is 5.70 Å². The number of rotatable bonds is 7. The van der Waals surface area contributed by atoms with Crippen molar-refractivity contribution < 1.29 is 18.9 Å². The highest BCUT2D eigenvalue weighted by molar-refractivity contribution is 5.77. The van der Waals surface area contributed by atoms with Crippen molar-refractivity contribution in [3.63, 3.8) is 0 Å². The van der Waals surface area contributed by atoms with Gasteiger partial charge in [0, 0.05) is 5.70 Å². The summed E-state index contributed by atoms with van der Waals surface area (Å²) in [6.45, 7) is 2.58. The van der Waals surface area contributed by atoms with Gasteiger partial charge < -0.3 is 24.3 Å². The van der Waals surface area contributed by atoms with Gasteiger partial charge in [-0.3, -0.25) is 0 Å². The van der Waals surface area contributed by atoms with Gasteiger partial charge in [-0.15, -0.1) is 0 Å². The number of nitrogens with zero attached hydrogens (tertiary/aromatic N) is 4. The van der Waals surface area contributed by atoms with Crippen LogP contribution in [-0.2, 0) is 0 Å². The number of aromatic nitrogens is 4. The monoisotopic (exact) mass is 409 g/mol. The zero-order valence-electron chi connectivity index (χ0n) is 17.2. The molecule has 1 atom stereocenters. The van der Waals surface area contributed by atoms with Gasteiger partial charge in [0.2, 0.25) is 11.7 Å². The number of fused-ring (bicyclic) bond motifs is 1. The Labute approximate surface area is 174 Å². The molecule has 4 rings (SSSR count). The third kappa shape index (κ3) is 3.49. The molecule has 0 saturated heterocycles. The van der Waals surface area contributed by atoms with Crippen molar-refractivity contribution in [3.05, 3.63) is 53.6 Å². The Balaban J connectivity index is 1.78. The third-order valence-corrected chi connectivity index (χ3v) is 4.83. The molecule has 0 spiro atoms. The summed E-state index contributed by atoms with van der Waals surface area (Å²) in [6.07, 6.45) is 2.06. The van der Waals surface area contributed by atoms with E-state index in [0.717, 1.165) is 22.6 Å². The number of hydrogen-bond acceptors (Lipinski definition) is 8. The Kier molecular flexibility index (Phi) is 5.42. The minimum Gasteiger partial charge on any atom is -0.494 e. The van der Waals surface area contributed by atoms with E-state index in [2.05, 4.69) is 26.9 Å². The van der Waals surface area contributed by atoms with Crippen molar-refractivity contribution >= 4 is 11.6 Å². The van der Waals surface area contributed by atoms with E-state index >= 15 is 0 Å². The van der Waals surface area contributed by atoms with Gasteiger partial charge in [-0.25, -0.2) is 0 Å². The summed E-state index contributed by atoms with van der Waals surface area (Å²) < 4.78 is 23.7. The van der Waals surface area contributed by atoms with Crippen LogP contribution in [0.4, 0.5) is 5.95 Å². The fourth-order valence-corrected chi connectivity index (χ4v) is 3.43. The summed E-state index contributed by atoms with van der Waals surface area (Å²) >= 11 is 0. The van der Waals surface area contributed by atoms with Gasteiger partial charge in [0.25, 0.3) is 0 Å². The molecule has 9 heteroatoms. The molecular formula is C21H23N5O4. The molecule has 0 aliphatic carbocycles. The lowest BCUT2D eigenvalue weighted by Gasteiger charge is -2.24. The number of methoxy groups -OCH3 is 3. The smallest absolute Gasteiger partial charge is 0.248 e. The van der Waals surface area contributed by atoms with Gasteiger partial charge in [0.15, 0.2) is 11.5 Å². The predicted molar refractivity (Wildman–Crippen MR) is 111 cm³/mol. The van der Waals surface area contributed by atoms with Crippen LogP contribution in [0, 0.1) is 0 Å². The molecule has 1 aliphatic heterocycles. The van der Waals surface area contributed by atoms with E-state index in [9.17, 15) is 0 Å². The summed E-state index contributed by atoms with van der Waals surface area (Å²) in [6, 6.07) is 11.4. The number of nitrogens with one attached hydrogen (secondary N) is 1. The topological polar surface area (TPSA) is 92.5 Å². The Morgan fingerprint density at radius 3 is 2.30 bits per heavy atom. The van der Waals surface area contributed by atoms with Crippen molar-refractivity contribution in [2.45, 2.75) is 13.0 Å². The highest BCUT2D eigenvalue weighted by Crippen LogP contribution is 2.42. The first-order chi connectivity index (χ1) is 14.7. The van der Waals surface area contributed by atoms with Crippen molar-refractivity contribution in [1.82, 2.24) is 20.2 Å². The highest BCUT2D eigenvalue weighted by Gasteiger charge is 2.26. The average molecular weight is 409 g/mol. The van der Waals surface area contributed by atoms with Crippen molar-refractivity contribution in [3.8, 4) is 23.0 Å². The second-order valence-corrected chi connectivity index (χ2v) is 6.51. The molecule has 3 aromatic rings. The zero-order chi connectivity index (χ0) is 21.1. The predicted octanol–water partition coefficient (Wildman–Crippen LogP) is 3.15. The zero-order valence-corrected chi connectivity index (χ0v) is 17.2. The molecule has 0 radical (unpaired) electrons. The normalized spacial score (nSPS) is 14.9. The SMILES string of the molecule is CCOc1ccc(C2=C[C@@H](c3cc(OC)c(OC)c(OC)c3)n3nnnc3N2)cc1. The van der Waals surface area contributed by atoms with Crippen molar-refractivity contribution in [2.24, 2.45) is 0 Å². The van der Waals surface area contributed by atoms with E-state index in [4.69, 9.17) is 18.9 Å². The van der Waals surface area contributed by atoms with Crippen molar-refractivity contribution in [1.29, 1.82) is 0 Å². The van der Waals surface area contributed by atoms with E-state index in [0.29, 0.717) is 29.8 Å². The Bertz CT molecular complexity index is 1040. The van der Waals surface area contributed by atoms with Crippen LogP contribution < -0.4 is 24.3 Å². The molecular weight excluding hydrogens is 386 g/mol. The summed E-state index contributed by atoms with van der Waals surface area (Å²) in [5, 5.41) is 15.4. The lowest BCUT2D eigenvalue weighted by Crippen LogP contribution is -2.20. The number of anilines is 1. The molecule has 2 heterocycles. The molecule has 0 fully saturated rings. The van der Waals surface area contributed by atoms with Gasteiger partial charge in [0.1, 0.15) is 11.8 Å². The molecule has 9 nitrogen and oxygen atoms in total. The standard InChI is InChI=1S/C21H23N5O4/c1-5-30-15-8-6-13(7-9-15)16-12-17(26-21(22-16)23-24-25-26)14-10-18(27-2)20(29-4)19(11-14)28-3/h6-12,17H,5H2,1-4H3,(H,22,23,25)/t17-/m0/s1. The fraction of sp³-hybridized carbons (Fsp3) is 0.286. The Morgan fingerprint density at radius 1 is 1.00 bits per heavy atom. The van der Waals surface area contributed by atoms with Gasteiger partial charge >= 0.3 is 0 Å². The Hall–Kier alpha value is -3.75. The first-order valence-corrected chi connectivity index (χ1v) is 9.48. The molecule has 0 amide bonds. The minimum atomic E-state index is -0.272. The molecule has 0 bridgehead atoms. The lowest BCUT2D eigenvalue weighted by molar-refractivity contribution is 0.323. The second-order valence-electron chi connectivity index (χ2n) is 6.51. The number of tetrazole rings is 1. The van der Waals surface area contributed by atoms with Gasteiger partial charge in [0.05, 0.1) is 27.9 Å². The highest BCUT2D eigenvalue weighted by atomic mass is 16.5. The van der Waals surface area contributed by atoms with E-state index in [1.54, 1.807) is 26.0 Å². The minimum absolute atomic E-state index is 0.272. The van der Waals surface area contributed by atoms with Gasteiger partial charge in [-0.1, -0.05) is 5.10 Å². The Morgan fingerprint density at radius 2 is 1.70 bits per heavy atom. The molecule has 1 aromatic heterocycles. The quantitative estimate of drug-likeness (QED) is 0.636. The number of benzene rings is 2. The van der Waals surface area contributed by atoms with Crippen LogP contribution >= 0.6 is 0 Å². The fourth-order valence-electron chi connectivity index (χ4n) is 3.43.